The first-order valence-corrected chi connectivity index (χ1v) is 6.19. The Balaban J connectivity index is 2.26. The molecule has 0 fully saturated rings. The number of carbonyl (C=O) groups is 1. The molecule has 16 heavy (non-hydrogen) atoms. The van der Waals surface area contributed by atoms with Gasteiger partial charge in [-0.3, -0.25) is 5.32 Å². The van der Waals surface area contributed by atoms with E-state index in [-0.39, 0.29) is 0 Å². The van der Waals surface area contributed by atoms with Crippen LogP contribution < -0.4 is 5.32 Å². The van der Waals surface area contributed by atoms with Crippen molar-refractivity contribution in [1.82, 2.24) is 4.98 Å². The van der Waals surface area contributed by atoms with E-state index in [1.807, 2.05) is 18.2 Å². The molecule has 3 rings (SSSR count). The Kier molecular flexibility index (Phi) is 2.05. The largest absolute Gasteiger partial charge is 0.465 e. The molecule has 0 radical (unpaired) electrons. The van der Waals surface area contributed by atoms with Gasteiger partial charge in [-0.25, -0.2) is 9.78 Å². The number of thiophene rings is 1. The summed E-state index contributed by atoms with van der Waals surface area (Å²) in [6, 6.07) is 5.82. The maximum absolute atomic E-state index is 10.5. The fourth-order valence-corrected chi connectivity index (χ4v) is 3.39. The van der Waals surface area contributed by atoms with Crippen molar-refractivity contribution in [2.24, 2.45) is 0 Å². The van der Waals surface area contributed by atoms with Crippen LogP contribution in [0.2, 0.25) is 0 Å². The van der Waals surface area contributed by atoms with Gasteiger partial charge in [0.15, 0.2) is 0 Å². The molecule has 0 aliphatic heterocycles. The van der Waals surface area contributed by atoms with E-state index in [1.165, 1.54) is 11.3 Å². The van der Waals surface area contributed by atoms with Gasteiger partial charge in [0.05, 0.1) is 25.4 Å². The Morgan fingerprint density at radius 3 is 3.12 bits per heavy atom. The zero-order valence-electron chi connectivity index (χ0n) is 7.93. The van der Waals surface area contributed by atoms with Gasteiger partial charge in [0.1, 0.15) is 0 Å². The maximum atomic E-state index is 10.5. The van der Waals surface area contributed by atoms with Gasteiger partial charge in [0.25, 0.3) is 0 Å². The number of carboxylic acid groups (broad SMARTS) is 1. The average Bonchev–Trinajstić information content (AvgIpc) is 2.78. The minimum atomic E-state index is -1.04. The molecule has 0 saturated heterocycles. The maximum Gasteiger partial charge on any atom is 0.409 e. The van der Waals surface area contributed by atoms with Crippen molar-refractivity contribution in [2.75, 3.05) is 5.32 Å². The fourth-order valence-electron chi connectivity index (χ4n) is 1.59. The van der Waals surface area contributed by atoms with Crippen molar-refractivity contribution in [2.45, 2.75) is 0 Å². The van der Waals surface area contributed by atoms with E-state index in [1.54, 1.807) is 16.8 Å². The summed E-state index contributed by atoms with van der Waals surface area (Å²) in [7, 11) is 0. The van der Waals surface area contributed by atoms with Crippen molar-refractivity contribution in [3.05, 3.63) is 23.7 Å². The molecule has 2 heterocycles. The molecule has 0 atom stereocenters. The highest BCUT2D eigenvalue weighted by Crippen LogP contribution is 2.35. The number of fused-ring (bicyclic) bond motifs is 3. The third kappa shape index (κ3) is 1.43. The standard InChI is InChI=1S/C10H6N2O2S2/c13-10(14)12-7-3-5-1-2-6-8(9(5)16-7)11-4-15-6/h1-4,12H,(H,13,14). The molecule has 4 nitrogen and oxygen atoms in total. The number of nitrogens with zero attached hydrogens (tertiary/aromatic N) is 1. The van der Waals surface area contributed by atoms with Gasteiger partial charge in [0.2, 0.25) is 0 Å². The van der Waals surface area contributed by atoms with Crippen molar-refractivity contribution in [3.63, 3.8) is 0 Å². The summed E-state index contributed by atoms with van der Waals surface area (Å²) in [4.78, 5) is 14.8. The molecule has 1 aromatic carbocycles. The lowest BCUT2D eigenvalue weighted by Gasteiger charge is -1.91. The molecule has 3 aromatic rings. The summed E-state index contributed by atoms with van der Waals surface area (Å²) in [6.45, 7) is 0. The fraction of sp³-hybridized carbons (Fsp3) is 0. The van der Waals surface area contributed by atoms with Gasteiger partial charge in [-0.05, 0) is 17.5 Å². The zero-order chi connectivity index (χ0) is 11.1. The molecular formula is C10H6N2O2S2. The van der Waals surface area contributed by atoms with E-state index in [4.69, 9.17) is 5.11 Å². The molecule has 6 heteroatoms. The highest BCUT2D eigenvalue weighted by atomic mass is 32.1. The van der Waals surface area contributed by atoms with E-state index >= 15 is 0 Å². The van der Waals surface area contributed by atoms with Crippen molar-refractivity contribution in [1.29, 1.82) is 0 Å². The van der Waals surface area contributed by atoms with Gasteiger partial charge >= 0.3 is 6.09 Å². The second-order valence-electron chi connectivity index (χ2n) is 3.22. The predicted octanol–water partition coefficient (Wildman–Crippen LogP) is 3.60. The normalized spacial score (nSPS) is 11.0. The Bertz CT molecular complexity index is 686. The summed E-state index contributed by atoms with van der Waals surface area (Å²) in [5, 5.41) is 12.7. The molecule has 2 aromatic heterocycles. The number of thiazole rings is 1. The van der Waals surface area contributed by atoms with Crippen molar-refractivity contribution in [3.8, 4) is 0 Å². The summed E-state index contributed by atoms with van der Waals surface area (Å²) in [6.07, 6.45) is -1.04. The summed E-state index contributed by atoms with van der Waals surface area (Å²) in [5.74, 6) is 0. The third-order valence-electron chi connectivity index (χ3n) is 2.22. The average molecular weight is 250 g/mol. The van der Waals surface area contributed by atoms with Gasteiger partial charge < -0.3 is 5.11 Å². The van der Waals surface area contributed by atoms with Crippen LogP contribution in [0.3, 0.4) is 0 Å². The third-order valence-corrected chi connectivity index (χ3v) is 4.08. The first-order chi connectivity index (χ1) is 7.74. The number of anilines is 1. The van der Waals surface area contributed by atoms with Crippen LogP contribution in [0.4, 0.5) is 9.80 Å². The highest BCUT2D eigenvalue weighted by molar-refractivity contribution is 7.24. The molecule has 1 amide bonds. The molecule has 0 aliphatic carbocycles. The van der Waals surface area contributed by atoms with Crippen LogP contribution in [0.5, 0.6) is 0 Å². The molecular weight excluding hydrogens is 244 g/mol. The SMILES string of the molecule is O=C(O)Nc1cc2ccc3scnc3c2s1. The molecule has 0 spiro atoms. The zero-order valence-corrected chi connectivity index (χ0v) is 9.56. The summed E-state index contributed by atoms with van der Waals surface area (Å²) in [5.41, 5.74) is 2.75. The number of amides is 1. The minimum absolute atomic E-state index is 0.628. The van der Waals surface area contributed by atoms with Crippen LogP contribution in [-0.2, 0) is 0 Å². The van der Waals surface area contributed by atoms with E-state index < -0.39 is 6.09 Å². The molecule has 0 aliphatic rings. The van der Waals surface area contributed by atoms with Crippen LogP contribution in [0, 0.1) is 0 Å². The van der Waals surface area contributed by atoms with E-state index in [2.05, 4.69) is 10.3 Å². The van der Waals surface area contributed by atoms with E-state index in [9.17, 15) is 4.79 Å². The number of aromatic nitrogens is 1. The van der Waals surface area contributed by atoms with Gasteiger partial charge in [0, 0.05) is 0 Å². The number of nitrogens with one attached hydrogen (secondary N) is 1. The number of hydrogen-bond donors (Lipinski definition) is 2. The van der Waals surface area contributed by atoms with Crippen LogP contribution in [0.1, 0.15) is 0 Å². The predicted molar refractivity (Wildman–Crippen MR) is 66.7 cm³/mol. The molecule has 2 N–H and O–H groups in total. The second kappa shape index (κ2) is 3.43. The molecule has 0 saturated carbocycles. The number of rotatable bonds is 1. The second-order valence-corrected chi connectivity index (χ2v) is 5.16. The lowest BCUT2D eigenvalue weighted by atomic mass is 10.2. The molecule has 80 valence electrons. The monoisotopic (exact) mass is 250 g/mol. The summed E-state index contributed by atoms with van der Waals surface area (Å²) >= 11 is 3.00. The Labute approximate surface area is 98.2 Å². The van der Waals surface area contributed by atoms with Crippen LogP contribution in [0.15, 0.2) is 23.7 Å². The molecule has 0 bridgehead atoms. The van der Waals surface area contributed by atoms with E-state index in [0.29, 0.717) is 5.00 Å². The topological polar surface area (TPSA) is 62.2 Å². The molecule has 0 unspecified atom stereocenters. The quantitative estimate of drug-likeness (QED) is 0.693. The van der Waals surface area contributed by atoms with Gasteiger partial charge in [-0.2, -0.15) is 0 Å². The smallest absolute Gasteiger partial charge is 0.409 e. The number of benzene rings is 1. The van der Waals surface area contributed by atoms with E-state index in [0.717, 1.165) is 20.3 Å². The Morgan fingerprint density at radius 2 is 2.31 bits per heavy atom. The highest BCUT2D eigenvalue weighted by Gasteiger charge is 2.08. The lowest BCUT2D eigenvalue weighted by Crippen LogP contribution is -2.05. The Morgan fingerprint density at radius 1 is 1.44 bits per heavy atom. The lowest BCUT2D eigenvalue weighted by molar-refractivity contribution is 0.210. The van der Waals surface area contributed by atoms with Gasteiger partial charge in [-0.15, -0.1) is 22.7 Å². The van der Waals surface area contributed by atoms with Crippen molar-refractivity contribution >= 4 is 54.1 Å². The van der Waals surface area contributed by atoms with Crippen LogP contribution in [-0.4, -0.2) is 16.2 Å². The minimum Gasteiger partial charge on any atom is -0.465 e. The first-order valence-electron chi connectivity index (χ1n) is 4.50. The summed E-state index contributed by atoms with van der Waals surface area (Å²) < 4.78 is 2.15. The van der Waals surface area contributed by atoms with Crippen LogP contribution in [0.25, 0.3) is 20.3 Å². The number of hydrogen-bond acceptors (Lipinski definition) is 4. The Hall–Kier alpha value is -1.66. The van der Waals surface area contributed by atoms with Crippen LogP contribution >= 0.6 is 22.7 Å². The van der Waals surface area contributed by atoms with Crippen molar-refractivity contribution < 1.29 is 9.90 Å². The van der Waals surface area contributed by atoms with Gasteiger partial charge in [-0.1, -0.05) is 6.07 Å². The first kappa shape index (κ1) is 9.56.